The van der Waals surface area contributed by atoms with Crippen molar-refractivity contribution in [3.05, 3.63) is 60.2 Å². The summed E-state index contributed by atoms with van der Waals surface area (Å²) >= 11 is 0. The maximum atomic E-state index is 12.9. The van der Waals surface area contributed by atoms with Crippen molar-refractivity contribution in [2.75, 3.05) is 32.0 Å². The van der Waals surface area contributed by atoms with E-state index in [0.717, 1.165) is 5.56 Å². The molecule has 0 saturated carbocycles. The molecule has 2 amide bonds. The number of amides is 2. The molecule has 8 heteroatoms. The van der Waals surface area contributed by atoms with Crippen LogP contribution in [-0.2, 0) is 19.6 Å². The first kappa shape index (κ1) is 22.0. The number of sulfonamides is 1. The first-order chi connectivity index (χ1) is 14.3. The zero-order valence-corrected chi connectivity index (χ0v) is 18.1. The second-order valence-corrected chi connectivity index (χ2v) is 9.56. The number of hydrogen-bond donors (Lipinski definition) is 1. The van der Waals surface area contributed by atoms with Crippen molar-refractivity contribution >= 4 is 27.5 Å². The lowest BCUT2D eigenvalue weighted by Crippen LogP contribution is -2.47. The molecule has 1 aliphatic heterocycles. The number of hydrogen-bond acceptors (Lipinski definition) is 4. The van der Waals surface area contributed by atoms with Crippen LogP contribution in [0.3, 0.4) is 0 Å². The van der Waals surface area contributed by atoms with Crippen molar-refractivity contribution in [2.24, 2.45) is 5.92 Å². The Kier molecular flexibility index (Phi) is 6.89. The molecule has 0 radical (unpaired) electrons. The van der Waals surface area contributed by atoms with Gasteiger partial charge in [0.15, 0.2) is 0 Å². The second-order valence-electron chi connectivity index (χ2n) is 7.62. The molecule has 1 unspecified atom stereocenters. The van der Waals surface area contributed by atoms with Gasteiger partial charge in [0.25, 0.3) is 0 Å². The lowest BCUT2D eigenvalue weighted by Gasteiger charge is -2.33. The summed E-state index contributed by atoms with van der Waals surface area (Å²) in [6.07, 6.45) is 1.20. The number of benzene rings is 2. The maximum absolute atomic E-state index is 12.9. The van der Waals surface area contributed by atoms with Crippen molar-refractivity contribution in [1.82, 2.24) is 9.21 Å². The first-order valence-electron chi connectivity index (χ1n) is 9.94. The molecule has 1 N–H and O–H groups in total. The number of anilines is 1. The van der Waals surface area contributed by atoms with Crippen LogP contribution in [0.1, 0.15) is 18.4 Å². The molecule has 0 aromatic heterocycles. The normalized spacial score (nSPS) is 17.3. The molecule has 0 bridgehead atoms. The molecule has 0 spiro atoms. The van der Waals surface area contributed by atoms with Gasteiger partial charge in [-0.25, -0.2) is 8.42 Å². The van der Waals surface area contributed by atoms with Crippen LogP contribution in [0.2, 0.25) is 0 Å². The highest BCUT2D eigenvalue weighted by Crippen LogP contribution is 2.24. The molecule has 3 rings (SSSR count). The fourth-order valence-corrected chi connectivity index (χ4v) is 5.09. The van der Waals surface area contributed by atoms with E-state index in [1.165, 1.54) is 9.21 Å². The fourth-order valence-electron chi connectivity index (χ4n) is 3.55. The molecule has 30 heavy (non-hydrogen) atoms. The number of likely N-dealkylation sites (N-methyl/N-ethyl adjacent to an activating group) is 1. The summed E-state index contributed by atoms with van der Waals surface area (Å²) in [6.45, 7) is 2.39. The Balaban J connectivity index is 1.60. The number of carbonyl (C=O) groups excluding carboxylic acids is 2. The third-order valence-corrected chi connectivity index (χ3v) is 7.09. The van der Waals surface area contributed by atoms with Crippen LogP contribution < -0.4 is 5.32 Å². The lowest BCUT2D eigenvalue weighted by atomic mass is 9.98. The van der Waals surface area contributed by atoms with Crippen molar-refractivity contribution in [3.63, 3.8) is 0 Å². The van der Waals surface area contributed by atoms with E-state index in [2.05, 4.69) is 5.32 Å². The number of nitrogens with zero attached hydrogens (tertiary/aromatic N) is 2. The highest BCUT2D eigenvalue weighted by Gasteiger charge is 2.34. The van der Waals surface area contributed by atoms with Gasteiger partial charge in [0, 0.05) is 25.8 Å². The third kappa shape index (κ3) is 5.25. The molecule has 7 nitrogen and oxygen atoms in total. The molecule has 2 aromatic rings. The molecule has 2 aromatic carbocycles. The summed E-state index contributed by atoms with van der Waals surface area (Å²) < 4.78 is 27.1. The van der Waals surface area contributed by atoms with E-state index in [4.69, 9.17) is 0 Å². The monoisotopic (exact) mass is 429 g/mol. The summed E-state index contributed by atoms with van der Waals surface area (Å²) in [5.74, 6) is -0.976. The van der Waals surface area contributed by atoms with Gasteiger partial charge in [0.2, 0.25) is 21.8 Å². The van der Waals surface area contributed by atoms with Crippen LogP contribution >= 0.6 is 0 Å². The molecular formula is C22H27N3O4S. The molecular weight excluding hydrogens is 402 g/mol. The van der Waals surface area contributed by atoms with Crippen molar-refractivity contribution < 1.29 is 18.0 Å². The summed E-state index contributed by atoms with van der Waals surface area (Å²) in [5.41, 5.74) is 1.76. The first-order valence-corrected chi connectivity index (χ1v) is 11.4. The number of rotatable bonds is 6. The average Bonchev–Trinajstić information content (AvgIpc) is 2.75. The predicted molar refractivity (Wildman–Crippen MR) is 115 cm³/mol. The Morgan fingerprint density at radius 1 is 1.10 bits per heavy atom. The minimum Gasteiger partial charge on any atom is -0.336 e. The number of piperidine rings is 1. The van der Waals surface area contributed by atoms with Gasteiger partial charge in [-0.3, -0.25) is 9.59 Å². The van der Waals surface area contributed by atoms with Crippen LogP contribution in [0, 0.1) is 12.8 Å². The van der Waals surface area contributed by atoms with E-state index >= 15 is 0 Å². The summed E-state index contributed by atoms with van der Waals surface area (Å²) in [4.78, 5) is 26.8. The van der Waals surface area contributed by atoms with E-state index < -0.39 is 15.9 Å². The zero-order valence-electron chi connectivity index (χ0n) is 17.2. The Hall–Kier alpha value is -2.71. The number of carbonyl (C=O) groups is 2. The molecule has 160 valence electrons. The molecule has 1 aliphatic rings. The van der Waals surface area contributed by atoms with Crippen molar-refractivity contribution in [1.29, 1.82) is 0 Å². The van der Waals surface area contributed by atoms with Gasteiger partial charge in [-0.05, 0) is 44.0 Å². The Bertz CT molecular complexity index is 991. The largest absolute Gasteiger partial charge is 0.336 e. The van der Waals surface area contributed by atoms with E-state index in [0.29, 0.717) is 25.1 Å². The molecule has 1 saturated heterocycles. The second kappa shape index (κ2) is 9.40. The average molecular weight is 430 g/mol. The molecule has 0 aliphatic carbocycles. The molecule has 1 heterocycles. The van der Waals surface area contributed by atoms with E-state index in [1.807, 2.05) is 31.2 Å². The SMILES string of the molecule is Cc1ccc(NC(=O)CN(C)C(=O)C2CCCN(S(=O)(=O)c3ccccc3)C2)cc1. The standard InChI is InChI=1S/C22H27N3O4S/c1-17-10-12-19(13-11-17)23-21(26)16-24(2)22(27)18-7-6-14-25(15-18)30(28,29)20-8-4-3-5-9-20/h3-5,8-13,18H,6-7,14-16H2,1-2H3,(H,23,26). The highest BCUT2D eigenvalue weighted by molar-refractivity contribution is 7.89. The van der Waals surface area contributed by atoms with Crippen LogP contribution in [0.4, 0.5) is 5.69 Å². The van der Waals surface area contributed by atoms with Crippen LogP contribution in [0.5, 0.6) is 0 Å². The predicted octanol–water partition coefficient (Wildman–Crippen LogP) is 2.49. The quantitative estimate of drug-likeness (QED) is 0.764. The summed E-state index contributed by atoms with van der Waals surface area (Å²) in [5, 5.41) is 2.77. The van der Waals surface area contributed by atoms with Gasteiger partial charge >= 0.3 is 0 Å². The van der Waals surface area contributed by atoms with Crippen molar-refractivity contribution in [2.45, 2.75) is 24.7 Å². The number of nitrogens with one attached hydrogen (secondary N) is 1. The summed E-state index contributed by atoms with van der Waals surface area (Å²) in [6, 6.07) is 15.6. The summed E-state index contributed by atoms with van der Waals surface area (Å²) in [7, 11) is -2.07. The molecule has 1 atom stereocenters. The van der Waals surface area contributed by atoms with Crippen LogP contribution in [0.15, 0.2) is 59.5 Å². The van der Waals surface area contributed by atoms with Gasteiger partial charge in [-0.2, -0.15) is 4.31 Å². The van der Waals surface area contributed by atoms with E-state index in [1.54, 1.807) is 37.4 Å². The minimum atomic E-state index is -3.64. The minimum absolute atomic E-state index is 0.0886. The van der Waals surface area contributed by atoms with E-state index in [9.17, 15) is 18.0 Å². The van der Waals surface area contributed by atoms with Gasteiger partial charge in [0.1, 0.15) is 0 Å². The van der Waals surface area contributed by atoms with Gasteiger partial charge < -0.3 is 10.2 Å². The van der Waals surface area contributed by atoms with Crippen LogP contribution in [0.25, 0.3) is 0 Å². The fraction of sp³-hybridized carbons (Fsp3) is 0.364. The Morgan fingerprint density at radius 2 is 1.77 bits per heavy atom. The Morgan fingerprint density at radius 3 is 2.43 bits per heavy atom. The maximum Gasteiger partial charge on any atom is 0.243 e. The lowest BCUT2D eigenvalue weighted by molar-refractivity contribution is -0.138. The van der Waals surface area contributed by atoms with E-state index in [-0.39, 0.29) is 29.8 Å². The Labute approximate surface area is 177 Å². The smallest absolute Gasteiger partial charge is 0.243 e. The van der Waals surface area contributed by atoms with Crippen LogP contribution in [-0.4, -0.2) is 56.1 Å². The van der Waals surface area contributed by atoms with Gasteiger partial charge in [0.05, 0.1) is 17.4 Å². The topological polar surface area (TPSA) is 86.8 Å². The zero-order chi connectivity index (χ0) is 21.7. The number of aryl methyl sites for hydroxylation is 1. The molecule has 1 fully saturated rings. The highest BCUT2D eigenvalue weighted by atomic mass is 32.2. The third-order valence-electron chi connectivity index (χ3n) is 5.21. The van der Waals surface area contributed by atoms with Gasteiger partial charge in [-0.1, -0.05) is 35.9 Å². The van der Waals surface area contributed by atoms with Crippen molar-refractivity contribution in [3.8, 4) is 0 Å². The van der Waals surface area contributed by atoms with Gasteiger partial charge in [-0.15, -0.1) is 0 Å².